The summed E-state index contributed by atoms with van der Waals surface area (Å²) in [7, 11) is 1.58. The fraction of sp³-hybridized carbons (Fsp3) is 0.385. The SMILES string of the molecule is CC(c1ccccc1F)N(C)C(=O)CSCC(=O)O. The topological polar surface area (TPSA) is 57.6 Å². The number of carbonyl (C=O) groups is 2. The fourth-order valence-corrected chi connectivity index (χ4v) is 2.22. The Hall–Kier alpha value is -1.56. The van der Waals surface area contributed by atoms with Crippen LogP contribution < -0.4 is 0 Å². The van der Waals surface area contributed by atoms with Gasteiger partial charge in [-0.3, -0.25) is 9.59 Å². The van der Waals surface area contributed by atoms with E-state index in [2.05, 4.69) is 0 Å². The third-order valence-corrected chi connectivity index (χ3v) is 3.68. The normalized spacial score (nSPS) is 11.9. The molecule has 1 N–H and O–H groups in total. The monoisotopic (exact) mass is 285 g/mol. The molecule has 0 aromatic heterocycles. The molecule has 0 radical (unpaired) electrons. The molecule has 1 aromatic carbocycles. The zero-order valence-electron chi connectivity index (χ0n) is 10.8. The van der Waals surface area contributed by atoms with E-state index in [4.69, 9.17) is 5.11 Å². The number of hydrogen-bond acceptors (Lipinski definition) is 3. The van der Waals surface area contributed by atoms with Crippen molar-refractivity contribution in [3.63, 3.8) is 0 Å². The van der Waals surface area contributed by atoms with Gasteiger partial charge in [-0.15, -0.1) is 11.8 Å². The predicted molar refractivity (Wildman–Crippen MR) is 72.5 cm³/mol. The van der Waals surface area contributed by atoms with Gasteiger partial charge in [-0.1, -0.05) is 18.2 Å². The molecule has 0 saturated carbocycles. The molecule has 104 valence electrons. The van der Waals surface area contributed by atoms with Gasteiger partial charge in [0, 0.05) is 12.6 Å². The van der Waals surface area contributed by atoms with E-state index in [0.29, 0.717) is 5.56 Å². The molecule has 0 aliphatic heterocycles. The Labute approximate surface area is 115 Å². The van der Waals surface area contributed by atoms with Crippen LogP contribution in [0.5, 0.6) is 0 Å². The second-order valence-electron chi connectivity index (χ2n) is 4.09. The first-order valence-corrected chi connectivity index (χ1v) is 6.88. The molecular formula is C13H16FNO3S. The highest BCUT2D eigenvalue weighted by atomic mass is 32.2. The lowest BCUT2D eigenvalue weighted by Gasteiger charge is -2.25. The fourth-order valence-electron chi connectivity index (χ4n) is 1.57. The number of carboxylic acid groups (broad SMARTS) is 1. The minimum Gasteiger partial charge on any atom is -0.481 e. The number of thioether (sulfide) groups is 1. The van der Waals surface area contributed by atoms with Crippen LogP contribution in [0.3, 0.4) is 0 Å². The summed E-state index contributed by atoms with van der Waals surface area (Å²) in [6.07, 6.45) is 0. The number of amides is 1. The number of carbonyl (C=O) groups excluding carboxylic acids is 1. The van der Waals surface area contributed by atoms with Crippen LogP contribution in [-0.2, 0) is 9.59 Å². The summed E-state index contributed by atoms with van der Waals surface area (Å²) in [5, 5.41) is 8.49. The van der Waals surface area contributed by atoms with E-state index < -0.39 is 5.97 Å². The minimum atomic E-state index is -0.956. The van der Waals surface area contributed by atoms with Gasteiger partial charge in [0.05, 0.1) is 17.5 Å². The highest BCUT2D eigenvalue weighted by molar-refractivity contribution is 8.00. The van der Waals surface area contributed by atoms with Crippen molar-refractivity contribution in [1.29, 1.82) is 0 Å². The van der Waals surface area contributed by atoms with Crippen LogP contribution in [0, 0.1) is 5.82 Å². The van der Waals surface area contributed by atoms with Gasteiger partial charge >= 0.3 is 5.97 Å². The first kappa shape index (κ1) is 15.5. The number of carboxylic acids is 1. The molecular weight excluding hydrogens is 269 g/mol. The van der Waals surface area contributed by atoms with Crippen molar-refractivity contribution in [2.24, 2.45) is 0 Å². The van der Waals surface area contributed by atoms with Gasteiger partial charge in [-0.2, -0.15) is 0 Å². The van der Waals surface area contributed by atoms with Gasteiger partial charge in [0.1, 0.15) is 5.82 Å². The molecule has 1 atom stereocenters. The highest BCUT2D eigenvalue weighted by Gasteiger charge is 2.19. The van der Waals surface area contributed by atoms with E-state index in [1.54, 1.807) is 32.2 Å². The summed E-state index contributed by atoms with van der Waals surface area (Å²) in [6, 6.07) is 5.90. The quantitative estimate of drug-likeness (QED) is 0.870. The van der Waals surface area contributed by atoms with Crippen LogP contribution in [0.25, 0.3) is 0 Å². The van der Waals surface area contributed by atoms with Crippen LogP contribution in [0.2, 0.25) is 0 Å². The lowest BCUT2D eigenvalue weighted by molar-refractivity contribution is -0.133. The number of nitrogens with zero attached hydrogens (tertiary/aromatic N) is 1. The summed E-state index contributed by atoms with van der Waals surface area (Å²) in [5.74, 6) is -1.58. The van der Waals surface area contributed by atoms with E-state index in [1.807, 2.05) is 0 Å². The van der Waals surface area contributed by atoms with Crippen molar-refractivity contribution in [3.8, 4) is 0 Å². The Bertz CT molecular complexity index is 467. The smallest absolute Gasteiger partial charge is 0.313 e. The lowest BCUT2D eigenvalue weighted by atomic mass is 10.1. The Kier molecular flexibility index (Phi) is 5.82. The lowest BCUT2D eigenvalue weighted by Crippen LogP contribution is -2.31. The molecule has 0 fully saturated rings. The molecule has 1 unspecified atom stereocenters. The Morgan fingerprint density at radius 1 is 1.37 bits per heavy atom. The summed E-state index contributed by atoms with van der Waals surface area (Å²) in [5.41, 5.74) is 0.446. The number of halogens is 1. The average Bonchev–Trinajstić information content (AvgIpc) is 2.37. The molecule has 0 aliphatic carbocycles. The van der Waals surface area contributed by atoms with Crippen molar-refractivity contribution in [2.45, 2.75) is 13.0 Å². The van der Waals surface area contributed by atoms with Gasteiger partial charge in [0.25, 0.3) is 0 Å². The zero-order chi connectivity index (χ0) is 14.4. The van der Waals surface area contributed by atoms with E-state index in [-0.39, 0.29) is 29.3 Å². The second-order valence-corrected chi connectivity index (χ2v) is 5.07. The van der Waals surface area contributed by atoms with E-state index in [1.165, 1.54) is 11.0 Å². The van der Waals surface area contributed by atoms with Crippen LogP contribution in [0.15, 0.2) is 24.3 Å². The zero-order valence-corrected chi connectivity index (χ0v) is 11.6. The molecule has 1 rings (SSSR count). The standard InChI is InChI=1S/C13H16FNO3S/c1-9(10-5-3-4-6-11(10)14)15(2)12(16)7-19-8-13(17)18/h3-6,9H,7-8H2,1-2H3,(H,17,18). The maximum absolute atomic E-state index is 13.6. The highest BCUT2D eigenvalue weighted by Crippen LogP contribution is 2.22. The third-order valence-electron chi connectivity index (χ3n) is 2.78. The Morgan fingerprint density at radius 3 is 2.58 bits per heavy atom. The van der Waals surface area contributed by atoms with Crippen molar-refractivity contribution in [1.82, 2.24) is 4.90 Å². The van der Waals surface area contributed by atoms with Crippen molar-refractivity contribution < 1.29 is 19.1 Å². The number of aliphatic carboxylic acids is 1. The average molecular weight is 285 g/mol. The number of hydrogen-bond donors (Lipinski definition) is 1. The number of rotatable bonds is 6. The second kappa shape index (κ2) is 7.13. The van der Waals surface area contributed by atoms with Crippen LogP contribution in [0.4, 0.5) is 4.39 Å². The minimum absolute atomic E-state index is 0.0710. The van der Waals surface area contributed by atoms with Crippen LogP contribution in [-0.4, -0.2) is 40.4 Å². The largest absolute Gasteiger partial charge is 0.481 e. The molecule has 0 heterocycles. The molecule has 19 heavy (non-hydrogen) atoms. The summed E-state index contributed by atoms with van der Waals surface area (Å²) in [6.45, 7) is 1.73. The van der Waals surface area contributed by atoms with Gasteiger partial charge in [-0.05, 0) is 13.0 Å². The van der Waals surface area contributed by atoms with Crippen molar-refractivity contribution in [2.75, 3.05) is 18.6 Å². The molecule has 0 spiro atoms. The van der Waals surface area contributed by atoms with E-state index >= 15 is 0 Å². The van der Waals surface area contributed by atoms with Crippen LogP contribution in [0.1, 0.15) is 18.5 Å². The molecule has 1 aromatic rings. The first-order chi connectivity index (χ1) is 8.93. The molecule has 4 nitrogen and oxygen atoms in total. The summed E-state index contributed by atoms with van der Waals surface area (Å²) >= 11 is 1.03. The van der Waals surface area contributed by atoms with Crippen LogP contribution >= 0.6 is 11.8 Å². The molecule has 6 heteroatoms. The third kappa shape index (κ3) is 4.55. The molecule has 0 bridgehead atoms. The molecule has 0 saturated heterocycles. The van der Waals surface area contributed by atoms with Gasteiger partial charge in [0.15, 0.2) is 0 Å². The summed E-state index contributed by atoms with van der Waals surface area (Å²) < 4.78 is 13.6. The molecule has 0 aliphatic rings. The summed E-state index contributed by atoms with van der Waals surface area (Å²) in [4.78, 5) is 23.6. The van der Waals surface area contributed by atoms with Gasteiger partial charge in [-0.25, -0.2) is 4.39 Å². The van der Waals surface area contributed by atoms with Gasteiger partial charge in [0.2, 0.25) is 5.91 Å². The van der Waals surface area contributed by atoms with Gasteiger partial charge < -0.3 is 10.0 Å². The maximum atomic E-state index is 13.6. The predicted octanol–water partition coefficient (Wildman–Crippen LogP) is 2.16. The Morgan fingerprint density at radius 2 is 2.00 bits per heavy atom. The van der Waals surface area contributed by atoms with E-state index in [0.717, 1.165) is 11.8 Å². The molecule has 1 amide bonds. The van der Waals surface area contributed by atoms with Crippen molar-refractivity contribution in [3.05, 3.63) is 35.6 Å². The maximum Gasteiger partial charge on any atom is 0.313 e. The van der Waals surface area contributed by atoms with Crippen molar-refractivity contribution >= 4 is 23.6 Å². The Balaban J connectivity index is 2.61. The van der Waals surface area contributed by atoms with E-state index in [9.17, 15) is 14.0 Å². The number of benzene rings is 1. The first-order valence-electron chi connectivity index (χ1n) is 5.73.